The predicted octanol–water partition coefficient (Wildman–Crippen LogP) is 8.40. The van der Waals surface area contributed by atoms with E-state index in [1.54, 1.807) is 26.0 Å². The van der Waals surface area contributed by atoms with Crippen molar-refractivity contribution in [3.63, 3.8) is 0 Å². The monoisotopic (exact) mass is 634 g/mol. The fourth-order valence-electron chi connectivity index (χ4n) is 4.81. The average molecular weight is 635 g/mol. The van der Waals surface area contributed by atoms with Crippen molar-refractivity contribution in [2.75, 3.05) is 13.2 Å². The van der Waals surface area contributed by atoms with Crippen LogP contribution in [0.15, 0.2) is 46.2 Å². The van der Waals surface area contributed by atoms with Gasteiger partial charge in [-0.3, -0.25) is 0 Å². The van der Waals surface area contributed by atoms with Crippen molar-refractivity contribution < 1.29 is 31.1 Å². The Labute approximate surface area is 259 Å². The summed E-state index contributed by atoms with van der Waals surface area (Å²) in [6, 6.07) is 9.08. The van der Waals surface area contributed by atoms with Crippen LogP contribution in [0.1, 0.15) is 115 Å². The summed E-state index contributed by atoms with van der Waals surface area (Å²) < 4.78 is 65.5. The third kappa shape index (κ3) is 11.4. The molecule has 0 fully saturated rings. The molecule has 0 saturated carbocycles. The van der Waals surface area contributed by atoms with Crippen LogP contribution < -0.4 is 9.47 Å². The molecule has 0 spiro atoms. The fraction of sp³-hybridized carbons (Fsp3) is 0.606. The summed E-state index contributed by atoms with van der Waals surface area (Å²) >= 11 is 0. The van der Waals surface area contributed by atoms with Crippen molar-refractivity contribution in [2.45, 2.75) is 127 Å². The maximum Gasteiger partial charge on any atom is 0.504 e. The first kappa shape index (κ1) is 36.5. The lowest BCUT2D eigenvalue weighted by molar-refractivity contribution is 0.00377. The third-order valence-electron chi connectivity index (χ3n) is 7.33. The molecule has 8 nitrogen and oxygen atoms in total. The van der Waals surface area contributed by atoms with E-state index in [4.69, 9.17) is 9.47 Å². The number of sulfone groups is 2. The fourth-order valence-corrected chi connectivity index (χ4v) is 8.56. The molecule has 0 saturated heterocycles. The van der Waals surface area contributed by atoms with Crippen molar-refractivity contribution >= 4 is 24.1 Å². The highest BCUT2D eigenvalue weighted by Crippen LogP contribution is 2.33. The Kier molecular flexibility index (Phi) is 16.0. The molecule has 43 heavy (non-hydrogen) atoms. The van der Waals surface area contributed by atoms with Gasteiger partial charge in [-0.2, -0.15) is 0 Å². The van der Waals surface area contributed by atoms with Crippen molar-refractivity contribution in [3.8, 4) is 11.5 Å². The molecule has 0 unspecified atom stereocenters. The standard InChI is InChI=1S/C33H50N2O6S2/c1-5-7-9-11-13-15-17-23-40-29-21-19-27(3)25-31(29)42(36,37)33(35-34)43(38,39)32-26-28(4)20-22-30(32)41-24-18-16-14-12-10-8-6-2/h19-22,25-26H,5-18,23-24H2,1-4H3. The Morgan fingerprint density at radius 3 is 1.30 bits per heavy atom. The maximum absolute atomic E-state index is 13.8. The van der Waals surface area contributed by atoms with E-state index in [1.165, 1.54) is 62.8 Å². The Hall–Kier alpha value is -2.68. The highest BCUT2D eigenvalue weighted by molar-refractivity contribution is 8.31. The summed E-state index contributed by atoms with van der Waals surface area (Å²) in [4.78, 5) is 2.13. The molecular weight excluding hydrogens is 585 g/mol. The van der Waals surface area contributed by atoms with Gasteiger partial charge in [0.25, 0.3) is 19.7 Å². The lowest BCUT2D eigenvalue weighted by Gasteiger charge is -2.13. The first-order valence-corrected chi connectivity index (χ1v) is 18.7. The molecule has 2 aromatic carbocycles. The summed E-state index contributed by atoms with van der Waals surface area (Å²) in [5, 5.41) is 0. The molecule has 0 radical (unpaired) electrons. The molecule has 0 aliphatic carbocycles. The summed E-state index contributed by atoms with van der Waals surface area (Å²) in [6.07, 6.45) is 15.0. The van der Waals surface area contributed by atoms with Gasteiger partial charge < -0.3 is 15.0 Å². The zero-order valence-corrected chi connectivity index (χ0v) is 28.1. The molecule has 0 bridgehead atoms. The minimum absolute atomic E-state index is 0.0209. The van der Waals surface area contributed by atoms with E-state index in [-0.39, 0.29) is 34.5 Å². The molecule has 240 valence electrons. The normalized spacial score (nSPS) is 11.7. The first-order valence-electron chi connectivity index (χ1n) is 15.8. The second-order valence-corrected chi connectivity index (χ2v) is 15.1. The summed E-state index contributed by atoms with van der Waals surface area (Å²) in [5.74, 6) is 0.0418. The molecule has 2 rings (SSSR count). The van der Waals surface area contributed by atoms with Crippen LogP contribution in [0.3, 0.4) is 0 Å². The van der Waals surface area contributed by atoms with Gasteiger partial charge >= 0.3 is 4.38 Å². The van der Waals surface area contributed by atoms with Crippen molar-refractivity contribution in [1.82, 2.24) is 0 Å². The Balaban J connectivity index is 2.24. The maximum atomic E-state index is 13.8. The van der Waals surface area contributed by atoms with Crippen LogP contribution in [-0.2, 0) is 19.7 Å². The van der Waals surface area contributed by atoms with E-state index in [9.17, 15) is 22.4 Å². The number of ether oxygens (including phenoxy) is 2. The lowest BCUT2D eigenvalue weighted by Crippen LogP contribution is -2.27. The molecule has 0 amide bonds. The van der Waals surface area contributed by atoms with Crippen LogP contribution in [0.25, 0.3) is 5.53 Å². The molecule has 0 aliphatic rings. The van der Waals surface area contributed by atoms with Gasteiger partial charge in [0.2, 0.25) is 0 Å². The van der Waals surface area contributed by atoms with Crippen LogP contribution in [-0.4, -0.2) is 39.2 Å². The van der Waals surface area contributed by atoms with Crippen LogP contribution in [0.2, 0.25) is 0 Å². The topological polar surface area (TPSA) is 123 Å². The number of hydrogen-bond donors (Lipinski definition) is 0. The van der Waals surface area contributed by atoms with Gasteiger partial charge in [0, 0.05) is 0 Å². The van der Waals surface area contributed by atoms with Gasteiger partial charge in [0.05, 0.1) is 13.2 Å². The highest BCUT2D eigenvalue weighted by atomic mass is 32.3. The number of hydrogen-bond acceptors (Lipinski definition) is 6. The summed E-state index contributed by atoms with van der Waals surface area (Å²) in [6.45, 7) is 8.30. The molecule has 0 N–H and O–H groups in total. The zero-order valence-electron chi connectivity index (χ0n) is 26.4. The van der Waals surface area contributed by atoms with Gasteiger partial charge in [0.1, 0.15) is 21.3 Å². The molecule has 0 heterocycles. The van der Waals surface area contributed by atoms with E-state index in [0.717, 1.165) is 51.4 Å². The quantitative estimate of drug-likeness (QED) is 0.0474. The van der Waals surface area contributed by atoms with Gasteiger partial charge in [-0.25, -0.2) is 16.8 Å². The summed E-state index contributed by atoms with van der Waals surface area (Å²) in [7, 11) is -9.61. The third-order valence-corrected chi connectivity index (χ3v) is 11.5. The molecule has 0 aliphatic heterocycles. The Bertz CT molecular complexity index is 1310. The Morgan fingerprint density at radius 1 is 0.605 bits per heavy atom. The van der Waals surface area contributed by atoms with Crippen LogP contribution in [0, 0.1) is 13.8 Å². The van der Waals surface area contributed by atoms with Gasteiger partial charge in [-0.05, 0) is 62.1 Å². The van der Waals surface area contributed by atoms with Crippen LogP contribution in [0.4, 0.5) is 0 Å². The molecular formula is C33H50N2O6S2. The lowest BCUT2D eigenvalue weighted by atomic mass is 10.1. The van der Waals surface area contributed by atoms with E-state index >= 15 is 0 Å². The smallest absolute Gasteiger partial charge is 0.492 e. The van der Waals surface area contributed by atoms with Crippen molar-refractivity contribution in [3.05, 3.63) is 53.1 Å². The largest absolute Gasteiger partial charge is 0.504 e. The number of nitrogens with zero attached hydrogens (tertiary/aromatic N) is 2. The second-order valence-electron chi connectivity index (χ2n) is 11.2. The second kappa shape index (κ2) is 18.9. The predicted molar refractivity (Wildman–Crippen MR) is 172 cm³/mol. The minimum Gasteiger partial charge on any atom is -0.492 e. The molecule has 0 atom stereocenters. The number of benzene rings is 2. The first-order chi connectivity index (χ1) is 20.6. The van der Waals surface area contributed by atoms with Crippen LogP contribution in [0.5, 0.6) is 11.5 Å². The van der Waals surface area contributed by atoms with Gasteiger partial charge in [-0.1, -0.05) is 103 Å². The van der Waals surface area contributed by atoms with E-state index in [2.05, 4.69) is 18.6 Å². The average Bonchev–Trinajstić information content (AvgIpc) is 2.97. The molecule has 0 aromatic heterocycles. The van der Waals surface area contributed by atoms with Crippen molar-refractivity contribution in [1.29, 1.82) is 0 Å². The van der Waals surface area contributed by atoms with Crippen molar-refractivity contribution in [2.24, 2.45) is 0 Å². The van der Waals surface area contributed by atoms with Crippen LogP contribution >= 0.6 is 0 Å². The SMILES string of the molecule is CCCCCCCCCOc1ccc(C)cc1S(=O)(=O)C(=[N+]=[N-])S(=O)(=O)c1cc(C)ccc1OCCCCCCCCC. The summed E-state index contributed by atoms with van der Waals surface area (Å²) in [5.41, 5.74) is 11.0. The minimum atomic E-state index is -4.81. The number of unbranched alkanes of at least 4 members (excludes halogenated alkanes) is 12. The van der Waals surface area contributed by atoms with E-state index in [1.807, 2.05) is 0 Å². The van der Waals surface area contributed by atoms with E-state index < -0.39 is 24.1 Å². The molecule has 2 aromatic rings. The number of aryl methyl sites for hydroxylation is 2. The Morgan fingerprint density at radius 2 is 0.953 bits per heavy atom. The number of rotatable bonds is 20. The molecule has 10 heteroatoms. The zero-order chi connectivity index (χ0) is 31.7. The highest BCUT2D eigenvalue weighted by Gasteiger charge is 2.46. The van der Waals surface area contributed by atoms with Gasteiger partial charge in [0.15, 0.2) is 0 Å². The van der Waals surface area contributed by atoms with Gasteiger partial charge in [-0.15, -0.1) is 4.79 Å². The van der Waals surface area contributed by atoms with E-state index in [0.29, 0.717) is 11.1 Å².